The largest absolute Gasteiger partial charge is 0.481 e. The Bertz CT molecular complexity index is 1590. The average molecular weight is 624 g/mol. The van der Waals surface area contributed by atoms with Gasteiger partial charge in [0.05, 0.1) is 12.5 Å². The Labute approximate surface area is 261 Å². The summed E-state index contributed by atoms with van der Waals surface area (Å²) in [5.41, 5.74) is 0.215. The number of hydrogen-bond donors (Lipinski definition) is 2. The number of hydrogen-bond acceptors (Lipinski definition) is 5. The van der Waals surface area contributed by atoms with Gasteiger partial charge in [0.25, 0.3) is 5.91 Å². The summed E-state index contributed by atoms with van der Waals surface area (Å²) in [5, 5.41) is 12.2. The predicted molar refractivity (Wildman–Crippen MR) is 165 cm³/mol. The Morgan fingerprint density at radius 3 is 2.44 bits per heavy atom. The van der Waals surface area contributed by atoms with Gasteiger partial charge in [-0.15, -0.1) is 0 Å². The molecule has 45 heavy (non-hydrogen) atoms. The van der Waals surface area contributed by atoms with E-state index in [1.165, 1.54) is 17.8 Å². The number of benzene rings is 2. The van der Waals surface area contributed by atoms with Crippen molar-refractivity contribution in [2.24, 2.45) is 5.92 Å². The molecule has 3 fully saturated rings. The molecule has 2 saturated heterocycles. The van der Waals surface area contributed by atoms with Crippen molar-refractivity contribution in [3.8, 4) is 0 Å². The highest BCUT2D eigenvalue weighted by atomic mass is 19.1. The van der Waals surface area contributed by atoms with E-state index in [9.17, 15) is 23.5 Å². The minimum absolute atomic E-state index is 0.0452. The minimum atomic E-state index is -2.51. The Morgan fingerprint density at radius 2 is 1.80 bits per heavy atom. The lowest BCUT2D eigenvalue weighted by Crippen LogP contribution is -2.47. The number of carboxylic acids is 1. The van der Waals surface area contributed by atoms with Crippen LogP contribution < -0.4 is 10.2 Å². The third-order valence-electron chi connectivity index (χ3n) is 9.66. The van der Waals surface area contributed by atoms with E-state index in [0.29, 0.717) is 38.4 Å². The molecule has 2 aliphatic heterocycles. The minimum Gasteiger partial charge on any atom is -0.481 e. The number of amides is 1. The van der Waals surface area contributed by atoms with Crippen molar-refractivity contribution in [2.75, 3.05) is 36.4 Å². The number of carbonyl (C=O) groups is 2. The van der Waals surface area contributed by atoms with Gasteiger partial charge in [-0.2, -0.15) is 0 Å². The molecule has 1 saturated carbocycles. The standard InChI is InChI=1S/C34H40F3N5O3/c1-33(2,3)42-19-27(26-9-8-25(35)17-28(26)36)34(37,20-42)31(45)39-32-38-12-15-41(32)18-24-7-6-23(21-4-5-21)16-29(24)40-13-10-22(11-14-40)30(43)44/h6-9,12,15-17,21-22,27H,4-5,10-11,13-14,18-20H2,1-3H3,(H,43,44)(H,38,39,45)/t27-,34-/m0/s1. The van der Waals surface area contributed by atoms with Gasteiger partial charge in [0.2, 0.25) is 11.6 Å². The van der Waals surface area contributed by atoms with Gasteiger partial charge in [-0.3, -0.25) is 19.8 Å². The molecule has 3 heterocycles. The van der Waals surface area contributed by atoms with Gasteiger partial charge >= 0.3 is 5.97 Å². The third-order valence-corrected chi connectivity index (χ3v) is 9.66. The van der Waals surface area contributed by atoms with Crippen LogP contribution in [0.3, 0.4) is 0 Å². The Balaban J connectivity index is 1.26. The fraction of sp³-hybridized carbons (Fsp3) is 0.500. The maximum Gasteiger partial charge on any atom is 0.306 e. The van der Waals surface area contributed by atoms with Gasteiger partial charge in [0.1, 0.15) is 11.6 Å². The second-order valence-electron chi connectivity index (χ2n) is 13.7. The van der Waals surface area contributed by atoms with E-state index < -0.39 is 40.6 Å². The first-order chi connectivity index (χ1) is 21.3. The van der Waals surface area contributed by atoms with Crippen LogP contribution >= 0.6 is 0 Å². The molecule has 1 aliphatic carbocycles. The number of aliphatic carboxylic acids is 1. The zero-order valence-corrected chi connectivity index (χ0v) is 25.9. The quantitative estimate of drug-likeness (QED) is 0.323. The number of piperidine rings is 1. The number of rotatable bonds is 8. The van der Waals surface area contributed by atoms with Gasteiger partial charge < -0.3 is 14.6 Å². The van der Waals surface area contributed by atoms with E-state index in [2.05, 4.69) is 33.4 Å². The van der Waals surface area contributed by atoms with Gasteiger partial charge in [0.15, 0.2) is 0 Å². The molecular formula is C34H40F3N5O3. The number of halogens is 3. The number of likely N-dealkylation sites (tertiary alicyclic amines) is 1. The molecule has 2 atom stereocenters. The van der Waals surface area contributed by atoms with Crippen molar-refractivity contribution < 1.29 is 27.9 Å². The Kier molecular flexibility index (Phi) is 8.18. The first-order valence-electron chi connectivity index (χ1n) is 15.7. The molecule has 2 aromatic carbocycles. The summed E-state index contributed by atoms with van der Waals surface area (Å²) < 4.78 is 47.4. The summed E-state index contributed by atoms with van der Waals surface area (Å²) in [6.07, 6.45) is 6.67. The lowest BCUT2D eigenvalue weighted by Gasteiger charge is -2.34. The molecule has 3 aliphatic rings. The molecular weight excluding hydrogens is 583 g/mol. The molecule has 1 amide bonds. The van der Waals surface area contributed by atoms with Gasteiger partial charge in [0, 0.05) is 61.8 Å². The number of carboxylic acid groups (broad SMARTS) is 1. The van der Waals surface area contributed by atoms with Crippen molar-refractivity contribution >= 4 is 23.5 Å². The molecule has 0 radical (unpaired) electrons. The van der Waals surface area contributed by atoms with Crippen LogP contribution in [0.1, 0.15) is 75.0 Å². The maximum absolute atomic E-state index is 17.0. The van der Waals surface area contributed by atoms with E-state index in [4.69, 9.17) is 0 Å². The molecule has 240 valence electrons. The van der Waals surface area contributed by atoms with Crippen LogP contribution in [0, 0.1) is 17.6 Å². The van der Waals surface area contributed by atoms with Gasteiger partial charge in [-0.25, -0.2) is 18.2 Å². The molecule has 0 bridgehead atoms. The van der Waals surface area contributed by atoms with Gasteiger partial charge in [-0.05, 0) is 81.2 Å². The average Bonchev–Trinajstić information content (AvgIpc) is 3.65. The molecule has 6 rings (SSSR count). The fourth-order valence-electron chi connectivity index (χ4n) is 6.68. The second kappa shape index (κ2) is 11.8. The molecule has 1 aromatic heterocycles. The summed E-state index contributed by atoms with van der Waals surface area (Å²) in [6.45, 7) is 7.12. The van der Waals surface area contributed by atoms with Crippen LogP contribution in [-0.4, -0.2) is 68.8 Å². The van der Waals surface area contributed by atoms with Crippen LogP contribution in [0.4, 0.5) is 24.8 Å². The molecule has 11 heteroatoms. The van der Waals surface area contributed by atoms with Crippen LogP contribution in [0.2, 0.25) is 0 Å². The van der Waals surface area contributed by atoms with Crippen LogP contribution in [0.25, 0.3) is 0 Å². The zero-order chi connectivity index (χ0) is 32.1. The second-order valence-corrected chi connectivity index (χ2v) is 13.7. The van der Waals surface area contributed by atoms with Crippen molar-refractivity contribution in [3.63, 3.8) is 0 Å². The van der Waals surface area contributed by atoms with E-state index in [-0.39, 0.29) is 30.5 Å². The van der Waals surface area contributed by atoms with Crippen LogP contribution in [-0.2, 0) is 16.1 Å². The number of carbonyl (C=O) groups excluding carboxylic acids is 1. The number of anilines is 2. The SMILES string of the molecule is CC(C)(C)N1C[C@@H](c2ccc(F)cc2F)[C@](F)(C(=O)Nc2nccn2Cc2ccc(C3CC3)cc2N2CCC(C(=O)O)CC2)C1. The topological polar surface area (TPSA) is 90.7 Å². The lowest BCUT2D eigenvalue weighted by molar-refractivity contribution is -0.142. The van der Waals surface area contributed by atoms with Crippen LogP contribution in [0.5, 0.6) is 0 Å². The van der Waals surface area contributed by atoms with E-state index in [1.807, 2.05) is 20.8 Å². The smallest absolute Gasteiger partial charge is 0.306 e. The van der Waals surface area contributed by atoms with Crippen molar-refractivity contribution in [1.82, 2.24) is 14.5 Å². The number of nitrogens with zero attached hydrogens (tertiary/aromatic N) is 4. The fourth-order valence-corrected chi connectivity index (χ4v) is 6.68. The highest BCUT2D eigenvalue weighted by molar-refractivity contribution is 5.97. The summed E-state index contributed by atoms with van der Waals surface area (Å²) in [6, 6.07) is 9.40. The first kappa shape index (κ1) is 31.1. The maximum atomic E-state index is 17.0. The predicted octanol–water partition coefficient (Wildman–Crippen LogP) is 5.93. The van der Waals surface area contributed by atoms with E-state index >= 15 is 4.39 Å². The number of nitrogens with one attached hydrogen (secondary N) is 1. The molecule has 0 unspecified atom stereocenters. The number of aromatic nitrogens is 2. The van der Waals surface area contributed by atoms with Crippen molar-refractivity contribution in [2.45, 2.75) is 76.0 Å². The zero-order valence-electron chi connectivity index (χ0n) is 25.9. The highest BCUT2D eigenvalue weighted by Crippen LogP contribution is 2.44. The molecule has 3 aromatic rings. The van der Waals surface area contributed by atoms with Crippen LogP contribution in [0.15, 0.2) is 48.8 Å². The summed E-state index contributed by atoms with van der Waals surface area (Å²) in [4.78, 5) is 33.7. The first-order valence-corrected chi connectivity index (χ1v) is 15.7. The number of alkyl halides is 1. The Morgan fingerprint density at radius 1 is 1.07 bits per heavy atom. The van der Waals surface area contributed by atoms with E-state index in [1.54, 1.807) is 15.7 Å². The third kappa shape index (κ3) is 6.32. The summed E-state index contributed by atoms with van der Waals surface area (Å²) in [5.74, 6) is -4.16. The van der Waals surface area contributed by atoms with Crippen molar-refractivity contribution in [3.05, 3.63) is 77.1 Å². The number of imidazole rings is 1. The normalized spacial score (nSPS) is 23.0. The highest BCUT2D eigenvalue weighted by Gasteiger charge is 2.56. The lowest BCUT2D eigenvalue weighted by atomic mass is 9.85. The summed E-state index contributed by atoms with van der Waals surface area (Å²) in [7, 11) is 0. The molecule has 0 spiro atoms. The summed E-state index contributed by atoms with van der Waals surface area (Å²) >= 11 is 0. The molecule has 8 nitrogen and oxygen atoms in total. The Hall–Kier alpha value is -3.86. The van der Waals surface area contributed by atoms with E-state index in [0.717, 1.165) is 36.2 Å². The monoisotopic (exact) mass is 623 g/mol. The molecule has 2 N–H and O–H groups in total. The van der Waals surface area contributed by atoms with Crippen molar-refractivity contribution in [1.29, 1.82) is 0 Å². The van der Waals surface area contributed by atoms with Gasteiger partial charge in [-0.1, -0.05) is 18.2 Å².